The monoisotopic (exact) mass is 449 g/mol. The molecule has 1 aliphatic heterocycles. The third kappa shape index (κ3) is 4.57. The first-order valence-electron chi connectivity index (χ1n) is 9.42. The van der Waals surface area contributed by atoms with Crippen LogP contribution < -0.4 is 11.2 Å². The Morgan fingerprint density at radius 1 is 1.07 bits per heavy atom. The molecule has 1 aromatic carbocycles. The maximum absolute atomic E-state index is 12.7. The summed E-state index contributed by atoms with van der Waals surface area (Å²) in [5.41, 5.74) is -0.137. The van der Waals surface area contributed by atoms with Crippen LogP contribution in [0.5, 0.6) is 0 Å². The van der Waals surface area contributed by atoms with Crippen LogP contribution >= 0.6 is 23.2 Å². The molecule has 1 saturated heterocycles. The van der Waals surface area contributed by atoms with Crippen molar-refractivity contribution >= 4 is 41.0 Å². The quantitative estimate of drug-likeness (QED) is 0.530. The first kappa shape index (κ1) is 22.1. The Hall–Kier alpha value is -2.64. The van der Waals surface area contributed by atoms with Gasteiger partial charge in [0.05, 0.1) is 15.6 Å². The number of benzene rings is 1. The molecule has 0 bridgehead atoms. The molecule has 0 unspecified atom stereocenters. The number of aryl methyl sites for hydroxylation is 1. The van der Waals surface area contributed by atoms with E-state index in [-0.39, 0.29) is 23.2 Å². The minimum absolute atomic E-state index is 0.00935. The highest BCUT2D eigenvalue weighted by molar-refractivity contribution is 6.42. The third-order valence-electron chi connectivity index (χ3n) is 5.26. The summed E-state index contributed by atoms with van der Waals surface area (Å²) >= 11 is 11.9. The van der Waals surface area contributed by atoms with E-state index < -0.39 is 11.2 Å². The molecule has 1 aromatic heterocycles. The number of rotatable bonds is 4. The van der Waals surface area contributed by atoms with Gasteiger partial charge in [0.25, 0.3) is 5.56 Å². The van der Waals surface area contributed by atoms with Gasteiger partial charge in [-0.2, -0.15) is 0 Å². The molecule has 3 rings (SSSR count). The topological polar surface area (TPSA) is 81.4 Å². The first-order valence-corrected chi connectivity index (χ1v) is 10.2. The van der Waals surface area contributed by atoms with Crippen molar-refractivity contribution in [3.05, 3.63) is 72.5 Å². The predicted octanol–water partition coefficient (Wildman–Crippen LogP) is 2.53. The fourth-order valence-electron chi connectivity index (χ4n) is 3.46. The van der Waals surface area contributed by atoms with Gasteiger partial charge in [-0.15, -0.1) is 0 Å². The number of piperidine rings is 1. The fourth-order valence-corrected chi connectivity index (χ4v) is 3.76. The average molecular weight is 450 g/mol. The SMILES string of the molecule is Cn1cc(C=CC(=O)N2CCC(C(=O)c3ccc(Cl)c(Cl)c3)CC2)c(=O)n(C)c1=O. The number of carbonyl (C=O) groups is 2. The average Bonchev–Trinajstić information content (AvgIpc) is 2.75. The molecule has 2 aromatic rings. The van der Waals surface area contributed by atoms with E-state index in [4.69, 9.17) is 23.2 Å². The molecule has 2 heterocycles. The molecule has 9 heteroatoms. The number of amides is 1. The maximum Gasteiger partial charge on any atom is 0.330 e. The van der Waals surface area contributed by atoms with E-state index in [1.807, 2.05) is 0 Å². The van der Waals surface area contributed by atoms with E-state index in [9.17, 15) is 19.2 Å². The van der Waals surface area contributed by atoms with Gasteiger partial charge in [0.15, 0.2) is 5.78 Å². The number of nitrogens with zero attached hydrogens (tertiary/aromatic N) is 3. The van der Waals surface area contributed by atoms with Crippen molar-refractivity contribution in [2.24, 2.45) is 20.0 Å². The zero-order valence-electron chi connectivity index (χ0n) is 16.6. The standard InChI is InChI=1S/C21H21Cl2N3O4/c1-24-12-15(20(29)25(2)21(24)30)4-6-18(27)26-9-7-13(8-10-26)19(28)14-3-5-16(22)17(23)11-14/h3-6,11-13H,7-10H2,1-2H3. The van der Waals surface area contributed by atoms with Crippen molar-refractivity contribution in [1.82, 2.24) is 14.0 Å². The predicted molar refractivity (Wildman–Crippen MR) is 116 cm³/mol. The minimum Gasteiger partial charge on any atom is -0.339 e. The molecule has 0 atom stereocenters. The van der Waals surface area contributed by atoms with Gasteiger partial charge in [-0.1, -0.05) is 23.2 Å². The lowest BCUT2D eigenvalue weighted by Crippen LogP contribution is -2.39. The van der Waals surface area contributed by atoms with Crippen molar-refractivity contribution in [2.75, 3.05) is 13.1 Å². The smallest absolute Gasteiger partial charge is 0.330 e. The van der Waals surface area contributed by atoms with E-state index in [2.05, 4.69) is 0 Å². The number of halogens is 2. The van der Waals surface area contributed by atoms with Gasteiger partial charge in [0.2, 0.25) is 5.91 Å². The summed E-state index contributed by atoms with van der Waals surface area (Å²) < 4.78 is 2.27. The number of ketones is 1. The highest BCUT2D eigenvalue weighted by Crippen LogP contribution is 2.27. The second-order valence-corrected chi connectivity index (χ2v) is 8.08. The molecule has 1 fully saturated rings. The van der Waals surface area contributed by atoms with E-state index >= 15 is 0 Å². The lowest BCUT2D eigenvalue weighted by molar-refractivity contribution is -0.127. The van der Waals surface area contributed by atoms with Gasteiger partial charge < -0.3 is 9.47 Å². The van der Waals surface area contributed by atoms with E-state index in [0.29, 0.717) is 41.5 Å². The van der Waals surface area contributed by atoms with Crippen molar-refractivity contribution in [1.29, 1.82) is 0 Å². The Morgan fingerprint density at radius 3 is 2.37 bits per heavy atom. The normalized spacial score (nSPS) is 15.0. The molecule has 0 spiro atoms. The van der Waals surface area contributed by atoms with Crippen LogP contribution in [-0.4, -0.2) is 38.8 Å². The van der Waals surface area contributed by atoms with Crippen molar-refractivity contribution in [3.8, 4) is 0 Å². The maximum atomic E-state index is 12.7. The number of hydrogen-bond donors (Lipinski definition) is 0. The van der Waals surface area contributed by atoms with Crippen LogP contribution in [0.1, 0.15) is 28.8 Å². The molecular weight excluding hydrogens is 429 g/mol. The number of hydrogen-bond acceptors (Lipinski definition) is 4. The lowest BCUT2D eigenvalue weighted by Gasteiger charge is -2.30. The van der Waals surface area contributed by atoms with Crippen LogP contribution in [0.4, 0.5) is 0 Å². The molecule has 0 aliphatic carbocycles. The van der Waals surface area contributed by atoms with Crippen LogP contribution in [-0.2, 0) is 18.9 Å². The van der Waals surface area contributed by atoms with Gasteiger partial charge in [-0.05, 0) is 37.1 Å². The van der Waals surface area contributed by atoms with Crippen molar-refractivity contribution < 1.29 is 9.59 Å². The molecular formula is C21H21Cl2N3O4. The van der Waals surface area contributed by atoms with Crippen LogP contribution in [0.3, 0.4) is 0 Å². The van der Waals surface area contributed by atoms with Crippen LogP contribution in [0, 0.1) is 5.92 Å². The Balaban J connectivity index is 1.64. The molecule has 0 saturated carbocycles. The van der Waals surface area contributed by atoms with E-state index in [0.717, 1.165) is 4.57 Å². The minimum atomic E-state index is -0.465. The number of likely N-dealkylation sites (tertiary alicyclic amines) is 1. The number of carbonyl (C=O) groups excluding carboxylic acids is 2. The van der Waals surface area contributed by atoms with Crippen molar-refractivity contribution in [3.63, 3.8) is 0 Å². The summed E-state index contributed by atoms with van der Waals surface area (Å²) in [5.74, 6) is -0.442. The third-order valence-corrected chi connectivity index (χ3v) is 6.00. The number of aromatic nitrogens is 2. The fraction of sp³-hybridized carbons (Fsp3) is 0.333. The van der Waals surface area contributed by atoms with Gasteiger partial charge in [0, 0.05) is 50.9 Å². The Morgan fingerprint density at radius 2 is 1.73 bits per heavy atom. The molecule has 158 valence electrons. The van der Waals surface area contributed by atoms with Gasteiger partial charge in [-0.3, -0.25) is 19.0 Å². The molecule has 7 nitrogen and oxygen atoms in total. The lowest BCUT2D eigenvalue weighted by atomic mass is 9.89. The Kier molecular flexibility index (Phi) is 6.63. The van der Waals surface area contributed by atoms with E-state index in [1.54, 1.807) is 23.1 Å². The van der Waals surface area contributed by atoms with Crippen LogP contribution in [0.25, 0.3) is 6.08 Å². The summed E-state index contributed by atoms with van der Waals surface area (Å²) in [4.78, 5) is 50.7. The van der Waals surface area contributed by atoms with Gasteiger partial charge in [0.1, 0.15) is 0 Å². The largest absolute Gasteiger partial charge is 0.339 e. The Bertz CT molecular complexity index is 1140. The molecule has 30 heavy (non-hydrogen) atoms. The zero-order chi connectivity index (χ0) is 22.0. The van der Waals surface area contributed by atoms with Gasteiger partial charge >= 0.3 is 5.69 Å². The molecule has 1 aliphatic rings. The molecule has 0 N–H and O–H groups in total. The van der Waals surface area contributed by atoms with Crippen LogP contribution in [0.2, 0.25) is 10.0 Å². The number of Topliss-reactive ketones (excluding diaryl/α,β-unsaturated/α-hetero) is 1. The summed E-state index contributed by atoms with van der Waals surface area (Å²) in [6.07, 6.45) is 5.22. The van der Waals surface area contributed by atoms with Crippen molar-refractivity contribution in [2.45, 2.75) is 12.8 Å². The first-order chi connectivity index (χ1) is 14.2. The van der Waals surface area contributed by atoms with Gasteiger partial charge in [-0.25, -0.2) is 4.79 Å². The highest BCUT2D eigenvalue weighted by Gasteiger charge is 2.27. The zero-order valence-corrected chi connectivity index (χ0v) is 18.1. The summed E-state index contributed by atoms with van der Waals surface area (Å²) in [5, 5.41) is 0.735. The van der Waals surface area contributed by atoms with Crippen LogP contribution in [0.15, 0.2) is 40.1 Å². The highest BCUT2D eigenvalue weighted by atomic mass is 35.5. The second-order valence-electron chi connectivity index (χ2n) is 7.27. The summed E-state index contributed by atoms with van der Waals surface area (Å²) in [7, 11) is 2.93. The summed E-state index contributed by atoms with van der Waals surface area (Å²) in [6.45, 7) is 0.873. The second kappa shape index (κ2) is 9.02. The Labute approximate surface area is 183 Å². The molecule has 1 amide bonds. The molecule has 0 radical (unpaired) electrons. The summed E-state index contributed by atoms with van der Waals surface area (Å²) in [6, 6.07) is 4.83. The van der Waals surface area contributed by atoms with E-state index in [1.165, 1.54) is 37.0 Å².